The zero-order chi connectivity index (χ0) is 16.8. The molecule has 0 aliphatic carbocycles. The van der Waals surface area contributed by atoms with Crippen LogP contribution in [-0.4, -0.2) is 18.9 Å². The number of aryl methyl sites for hydroxylation is 1. The van der Waals surface area contributed by atoms with Gasteiger partial charge in [-0.15, -0.1) is 0 Å². The second-order valence-electron chi connectivity index (χ2n) is 5.00. The smallest absolute Gasteiger partial charge is 0.251 e. The van der Waals surface area contributed by atoms with Gasteiger partial charge in [-0.05, 0) is 54.5 Å². The highest BCUT2D eigenvalue weighted by molar-refractivity contribution is 9.10. The van der Waals surface area contributed by atoms with Gasteiger partial charge in [0.1, 0.15) is 0 Å². The van der Waals surface area contributed by atoms with Crippen LogP contribution in [0, 0.1) is 6.92 Å². The van der Waals surface area contributed by atoms with E-state index < -0.39 is 0 Å². The SMILES string of the molecule is CNC(=O)c1ccc(NC(=O)/C=C/c2ccc(C)cc2Br)cc1. The maximum atomic E-state index is 11.9. The molecule has 2 aromatic carbocycles. The second-order valence-corrected chi connectivity index (χ2v) is 5.86. The summed E-state index contributed by atoms with van der Waals surface area (Å²) >= 11 is 3.47. The highest BCUT2D eigenvalue weighted by atomic mass is 79.9. The lowest BCUT2D eigenvalue weighted by atomic mass is 10.1. The predicted octanol–water partition coefficient (Wildman–Crippen LogP) is 3.77. The Bertz CT molecular complexity index is 752. The molecular weight excluding hydrogens is 356 g/mol. The van der Waals surface area contributed by atoms with Gasteiger partial charge in [0.25, 0.3) is 5.91 Å². The topological polar surface area (TPSA) is 58.2 Å². The molecule has 0 bridgehead atoms. The highest BCUT2D eigenvalue weighted by Crippen LogP contribution is 2.19. The highest BCUT2D eigenvalue weighted by Gasteiger charge is 2.03. The van der Waals surface area contributed by atoms with E-state index in [1.54, 1.807) is 37.4 Å². The first-order valence-electron chi connectivity index (χ1n) is 7.07. The maximum Gasteiger partial charge on any atom is 0.251 e. The molecule has 0 heterocycles. The van der Waals surface area contributed by atoms with Crippen molar-refractivity contribution in [3.8, 4) is 0 Å². The molecule has 5 heteroatoms. The Hall–Kier alpha value is -2.40. The normalized spacial score (nSPS) is 10.6. The number of carbonyl (C=O) groups excluding carboxylic acids is 2. The third-order valence-corrected chi connectivity index (χ3v) is 3.90. The zero-order valence-corrected chi connectivity index (χ0v) is 14.5. The Balaban J connectivity index is 2.01. The largest absolute Gasteiger partial charge is 0.355 e. The van der Waals surface area contributed by atoms with E-state index in [0.717, 1.165) is 15.6 Å². The van der Waals surface area contributed by atoms with E-state index in [-0.39, 0.29) is 11.8 Å². The third-order valence-electron chi connectivity index (χ3n) is 3.21. The molecule has 2 N–H and O–H groups in total. The summed E-state index contributed by atoms with van der Waals surface area (Å²) in [5, 5.41) is 5.30. The van der Waals surface area contributed by atoms with Gasteiger partial charge in [0, 0.05) is 28.8 Å². The van der Waals surface area contributed by atoms with Crippen molar-refractivity contribution in [1.29, 1.82) is 0 Å². The number of rotatable bonds is 4. The molecule has 0 saturated heterocycles. The molecule has 0 atom stereocenters. The molecule has 2 amide bonds. The van der Waals surface area contributed by atoms with E-state index in [2.05, 4.69) is 26.6 Å². The van der Waals surface area contributed by atoms with E-state index in [0.29, 0.717) is 11.3 Å². The summed E-state index contributed by atoms with van der Waals surface area (Å²) in [4.78, 5) is 23.4. The van der Waals surface area contributed by atoms with Crippen molar-refractivity contribution in [3.05, 3.63) is 69.7 Å². The van der Waals surface area contributed by atoms with Crippen molar-refractivity contribution >= 4 is 39.5 Å². The second kappa shape index (κ2) is 7.74. The standard InChI is InChI=1S/C18H17BrN2O2/c1-12-3-4-13(16(19)11-12)7-10-17(22)21-15-8-5-14(6-9-15)18(23)20-2/h3-11H,1-2H3,(H,20,23)(H,21,22)/b10-7+. The number of hydrogen-bond acceptors (Lipinski definition) is 2. The molecule has 2 rings (SSSR count). The van der Waals surface area contributed by atoms with Crippen molar-refractivity contribution in [3.63, 3.8) is 0 Å². The molecule has 0 radical (unpaired) electrons. The number of halogens is 1. The first kappa shape index (κ1) is 17.0. The Kier molecular flexibility index (Phi) is 5.71. The van der Waals surface area contributed by atoms with Crippen LogP contribution in [0.2, 0.25) is 0 Å². The average molecular weight is 373 g/mol. The summed E-state index contributed by atoms with van der Waals surface area (Å²) in [6.07, 6.45) is 3.22. The summed E-state index contributed by atoms with van der Waals surface area (Å²) in [5.74, 6) is -0.392. The Morgan fingerprint density at radius 2 is 1.78 bits per heavy atom. The number of anilines is 1. The van der Waals surface area contributed by atoms with Gasteiger partial charge in [-0.1, -0.05) is 28.1 Å². The lowest BCUT2D eigenvalue weighted by molar-refractivity contribution is -0.111. The van der Waals surface area contributed by atoms with Gasteiger partial charge >= 0.3 is 0 Å². The lowest BCUT2D eigenvalue weighted by Gasteiger charge is -2.04. The minimum atomic E-state index is -0.231. The monoisotopic (exact) mass is 372 g/mol. The summed E-state index contributed by atoms with van der Waals surface area (Å²) in [7, 11) is 1.58. The number of amides is 2. The minimum Gasteiger partial charge on any atom is -0.355 e. The number of nitrogens with one attached hydrogen (secondary N) is 2. The van der Waals surface area contributed by atoms with Crippen LogP contribution in [0.25, 0.3) is 6.08 Å². The van der Waals surface area contributed by atoms with Gasteiger partial charge < -0.3 is 10.6 Å². The number of benzene rings is 2. The molecule has 0 aliphatic heterocycles. The minimum absolute atomic E-state index is 0.160. The maximum absolute atomic E-state index is 11.9. The van der Waals surface area contributed by atoms with Crippen molar-refractivity contribution < 1.29 is 9.59 Å². The number of carbonyl (C=O) groups is 2. The zero-order valence-electron chi connectivity index (χ0n) is 12.9. The van der Waals surface area contributed by atoms with Crippen LogP contribution >= 0.6 is 15.9 Å². The van der Waals surface area contributed by atoms with E-state index in [9.17, 15) is 9.59 Å². The fraction of sp³-hybridized carbons (Fsp3) is 0.111. The Labute approximate surface area is 143 Å². The van der Waals surface area contributed by atoms with Crippen LogP contribution in [0.15, 0.2) is 53.0 Å². The third kappa shape index (κ3) is 4.79. The van der Waals surface area contributed by atoms with E-state index in [1.807, 2.05) is 25.1 Å². The fourth-order valence-corrected chi connectivity index (χ4v) is 2.59. The van der Waals surface area contributed by atoms with Gasteiger partial charge in [-0.3, -0.25) is 9.59 Å². The summed E-state index contributed by atoms with van der Waals surface area (Å²) in [6, 6.07) is 12.6. The Morgan fingerprint density at radius 3 is 2.39 bits per heavy atom. The molecule has 0 aromatic heterocycles. The molecule has 23 heavy (non-hydrogen) atoms. The summed E-state index contributed by atoms with van der Waals surface area (Å²) in [5.41, 5.74) is 3.26. The van der Waals surface area contributed by atoms with Crippen LogP contribution in [0.1, 0.15) is 21.5 Å². The van der Waals surface area contributed by atoms with Crippen molar-refractivity contribution in [2.45, 2.75) is 6.92 Å². The van der Waals surface area contributed by atoms with Crippen molar-refractivity contribution in [1.82, 2.24) is 5.32 Å². The van der Waals surface area contributed by atoms with Gasteiger partial charge in [0.05, 0.1) is 0 Å². The van der Waals surface area contributed by atoms with Crippen LogP contribution in [-0.2, 0) is 4.79 Å². The Morgan fingerprint density at radius 1 is 1.09 bits per heavy atom. The van der Waals surface area contributed by atoms with Gasteiger partial charge in [-0.2, -0.15) is 0 Å². The van der Waals surface area contributed by atoms with Crippen LogP contribution < -0.4 is 10.6 Å². The van der Waals surface area contributed by atoms with E-state index >= 15 is 0 Å². The molecule has 0 saturated carbocycles. The molecule has 0 spiro atoms. The van der Waals surface area contributed by atoms with Gasteiger partial charge in [0.2, 0.25) is 5.91 Å². The quantitative estimate of drug-likeness (QED) is 0.802. The lowest BCUT2D eigenvalue weighted by Crippen LogP contribution is -2.17. The number of hydrogen-bond donors (Lipinski definition) is 2. The molecule has 0 unspecified atom stereocenters. The molecule has 0 aliphatic rings. The van der Waals surface area contributed by atoms with E-state index in [4.69, 9.17) is 0 Å². The van der Waals surface area contributed by atoms with E-state index in [1.165, 1.54) is 6.08 Å². The summed E-state index contributed by atoms with van der Waals surface area (Å²) in [6.45, 7) is 2.01. The molecule has 2 aromatic rings. The first-order chi connectivity index (χ1) is 11.0. The van der Waals surface area contributed by atoms with Crippen LogP contribution in [0.5, 0.6) is 0 Å². The van der Waals surface area contributed by atoms with Crippen molar-refractivity contribution in [2.24, 2.45) is 0 Å². The van der Waals surface area contributed by atoms with Crippen LogP contribution in [0.4, 0.5) is 5.69 Å². The van der Waals surface area contributed by atoms with Gasteiger partial charge in [0.15, 0.2) is 0 Å². The summed E-state index contributed by atoms with van der Waals surface area (Å²) < 4.78 is 0.941. The fourth-order valence-electron chi connectivity index (χ4n) is 1.97. The van der Waals surface area contributed by atoms with Gasteiger partial charge in [-0.25, -0.2) is 0 Å². The molecule has 0 fully saturated rings. The molecular formula is C18H17BrN2O2. The van der Waals surface area contributed by atoms with Crippen LogP contribution in [0.3, 0.4) is 0 Å². The predicted molar refractivity (Wildman–Crippen MR) is 96.4 cm³/mol. The van der Waals surface area contributed by atoms with Crippen molar-refractivity contribution in [2.75, 3.05) is 12.4 Å². The first-order valence-corrected chi connectivity index (χ1v) is 7.86. The molecule has 4 nitrogen and oxygen atoms in total. The molecule has 118 valence electrons. The average Bonchev–Trinajstić information content (AvgIpc) is 2.54.